The van der Waals surface area contributed by atoms with Crippen molar-refractivity contribution in [3.8, 4) is 0 Å². The maximum atomic E-state index is 11.3. The van der Waals surface area contributed by atoms with Gasteiger partial charge in [-0.2, -0.15) is 0 Å². The topological polar surface area (TPSA) is 32.3 Å². The number of nitrogens with zero attached hydrogens (tertiary/aromatic N) is 1. The number of carbonyl (C=O) groups excluding carboxylic acids is 1. The van der Waals surface area contributed by atoms with E-state index in [0.717, 1.165) is 6.42 Å². The minimum absolute atomic E-state index is 0.0700. The summed E-state index contributed by atoms with van der Waals surface area (Å²) in [7, 11) is 0. The van der Waals surface area contributed by atoms with Gasteiger partial charge >= 0.3 is 0 Å². The molecular formula is C10H22N2O. The lowest BCUT2D eigenvalue weighted by Gasteiger charge is -2.38. The van der Waals surface area contributed by atoms with E-state index in [4.69, 9.17) is 0 Å². The van der Waals surface area contributed by atoms with Gasteiger partial charge in [0.2, 0.25) is 5.91 Å². The van der Waals surface area contributed by atoms with E-state index in [1.807, 2.05) is 13.8 Å². The summed E-state index contributed by atoms with van der Waals surface area (Å²) in [6, 6.07) is 0.287. The van der Waals surface area contributed by atoms with E-state index in [1.54, 1.807) is 11.9 Å². The molecule has 0 spiro atoms. The first kappa shape index (κ1) is 12.4. The molecule has 3 heteroatoms. The fraction of sp³-hybridized carbons (Fsp3) is 0.900. The molecule has 0 aliphatic rings. The number of rotatable bonds is 4. The molecule has 0 aromatic rings. The fourth-order valence-electron chi connectivity index (χ4n) is 1.11. The molecule has 0 unspecified atom stereocenters. The van der Waals surface area contributed by atoms with E-state index in [-0.39, 0.29) is 17.5 Å². The Bertz CT molecular complexity index is 176. The molecule has 0 heterocycles. The smallest absolute Gasteiger partial charge is 0.234 e. The minimum Gasteiger partial charge on any atom is -0.274 e. The predicted octanol–water partition coefficient (Wildman–Crippen LogP) is 1.94. The second-order valence-electron chi connectivity index (χ2n) is 4.30. The lowest BCUT2D eigenvalue weighted by molar-refractivity contribution is -0.139. The summed E-state index contributed by atoms with van der Waals surface area (Å²) < 4.78 is 0. The van der Waals surface area contributed by atoms with Crippen LogP contribution in [0.1, 0.15) is 48.0 Å². The highest BCUT2D eigenvalue weighted by Crippen LogP contribution is 2.16. The molecule has 0 fully saturated rings. The largest absolute Gasteiger partial charge is 0.274 e. The zero-order valence-corrected chi connectivity index (χ0v) is 9.64. The van der Waals surface area contributed by atoms with E-state index >= 15 is 0 Å². The van der Waals surface area contributed by atoms with Gasteiger partial charge in [-0.25, -0.2) is 5.43 Å². The maximum Gasteiger partial charge on any atom is 0.234 e. The highest BCUT2D eigenvalue weighted by atomic mass is 16.2. The van der Waals surface area contributed by atoms with Gasteiger partial charge in [0.05, 0.1) is 5.54 Å². The van der Waals surface area contributed by atoms with Crippen molar-refractivity contribution in [3.05, 3.63) is 0 Å². The van der Waals surface area contributed by atoms with Crippen molar-refractivity contribution < 1.29 is 4.79 Å². The van der Waals surface area contributed by atoms with E-state index in [2.05, 4.69) is 26.2 Å². The molecule has 1 amide bonds. The summed E-state index contributed by atoms with van der Waals surface area (Å²) in [5, 5.41) is 1.72. The molecule has 0 radical (unpaired) electrons. The second kappa shape index (κ2) is 4.61. The molecular weight excluding hydrogens is 164 g/mol. The molecule has 0 aliphatic carbocycles. The Morgan fingerprint density at radius 2 is 1.92 bits per heavy atom. The number of amides is 1. The molecule has 0 bridgehead atoms. The van der Waals surface area contributed by atoms with Crippen molar-refractivity contribution in [2.75, 3.05) is 0 Å². The molecule has 0 aromatic carbocycles. The van der Waals surface area contributed by atoms with E-state index in [0.29, 0.717) is 0 Å². The van der Waals surface area contributed by atoms with Crippen molar-refractivity contribution in [1.29, 1.82) is 0 Å². The van der Waals surface area contributed by atoms with Gasteiger partial charge in [-0.1, -0.05) is 6.92 Å². The molecule has 0 aliphatic heterocycles. The van der Waals surface area contributed by atoms with Crippen molar-refractivity contribution in [2.24, 2.45) is 0 Å². The van der Waals surface area contributed by atoms with Crippen LogP contribution in [0.15, 0.2) is 0 Å². The molecule has 0 saturated heterocycles. The van der Waals surface area contributed by atoms with Crippen LogP contribution in [0.2, 0.25) is 0 Å². The van der Waals surface area contributed by atoms with Crippen LogP contribution in [-0.2, 0) is 4.79 Å². The van der Waals surface area contributed by atoms with Gasteiger partial charge < -0.3 is 0 Å². The lowest BCUT2D eigenvalue weighted by atomic mass is 10.0. The number of nitrogens with one attached hydrogen (secondary N) is 1. The first-order chi connectivity index (χ1) is 5.81. The second-order valence-corrected chi connectivity index (χ2v) is 4.30. The van der Waals surface area contributed by atoms with Crippen LogP contribution in [-0.4, -0.2) is 22.5 Å². The normalized spacial score (nSPS) is 11.9. The minimum atomic E-state index is -0.115. The SMILES string of the molecule is CCC(C)(C)N(NC(C)C)C(C)=O. The lowest BCUT2D eigenvalue weighted by Crippen LogP contribution is -2.56. The van der Waals surface area contributed by atoms with Crippen molar-refractivity contribution in [1.82, 2.24) is 10.4 Å². The zero-order chi connectivity index (χ0) is 10.6. The summed E-state index contributed by atoms with van der Waals surface area (Å²) >= 11 is 0. The van der Waals surface area contributed by atoms with Gasteiger partial charge in [-0.05, 0) is 34.1 Å². The van der Waals surface area contributed by atoms with Crippen LogP contribution in [0, 0.1) is 0 Å². The zero-order valence-electron chi connectivity index (χ0n) is 9.64. The van der Waals surface area contributed by atoms with Gasteiger partial charge in [0.1, 0.15) is 0 Å². The Morgan fingerprint density at radius 1 is 1.46 bits per heavy atom. The maximum absolute atomic E-state index is 11.3. The molecule has 0 rings (SSSR count). The standard InChI is InChI=1S/C10H22N2O/c1-7-10(5,6)12(9(4)13)11-8(2)3/h8,11H,7H2,1-6H3. The Morgan fingerprint density at radius 3 is 2.15 bits per heavy atom. The van der Waals surface area contributed by atoms with Crippen molar-refractivity contribution in [2.45, 2.75) is 59.5 Å². The van der Waals surface area contributed by atoms with Gasteiger partial charge in [-0.3, -0.25) is 9.80 Å². The molecule has 0 atom stereocenters. The fourth-order valence-corrected chi connectivity index (χ4v) is 1.11. The van der Waals surface area contributed by atoms with Gasteiger partial charge in [0, 0.05) is 13.0 Å². The summed E-state index contributed by atoms with van der Waals surface area (Å²) in [4.78, 5) is 11.3. The third-order valence-corrected chi connectivity index (χ3v) is 2.17. The van der Waals surface area contributed by atoms with Crippen LogP contribution >= 0.6 is 0 Å². The summed E-state index contributed by atoms with van der Waals surface area (Å²) in [5.41, 5.74) is 3.04. The monoisotopic (exact) mass is 186 g/mol. The van der Waals surface area contributed by atoms with E-state index in [1.165, 1.54) is 0 Å². The number of carbonyl (C=O) groups is 1. The van der Waals surface area contributed by atoms with E-state index in [9.17, 15) is 4.79 Å². The molecule has 0 aromatic heterocycles. The Labute approximate surface area is 81.5 Å². The Hall–Kier alpha value is -0.570. The van der Waals surface area contributed by atoms with Crippen molar-refractivity contribution >= 4 is 5.91 Å². The Kier molecular flexibility index (Phi) is 4.40. The Balaban J connectivity index is 4.51. The van der Waals surface area contributed by atoms with Crippen LogP contribution in [0.4, 0.5) is 0 Å². The average Bonchev–Trinajstić information content (AvgIpc) is 1.99. The summed E-state index contributed by atoms with van der Waals surface area (Å²) in [5.74, 6) is 0.0700. The first-order valence-electron chi connectivity index (χ1n) is 4.88. The van der Waals surface area contributed by atoms with Crippen LogP contribution in [0.25, 0.3) is 0 Å². The highest BCUT2D eigenvalue weighted by Gasteiger charge is 2.27. The third kappa shape index (κ3) is 3.77. The molecule has 13 heavy (non-hydrogen) atoms. The predicted molar refractivity (Wildman–Crippen MR) is 55.2 cm³/mol. The molecule has 3 nitrogen and oxygen atoms in total. The third-order valence-electron chi connectivity index (χ3n) is 2.17. The highest BCUT2D eigenvalue weighted by molar-refractivity contribution is 5.73. The summed E-state index contributed by atoms with van der Waals surface area (Å²) in [6.07, 6.45) is 0.937. The summed E-state index contributed by atoms with van der Waals surface area (Å²) in [6.45, 7) is 11.8. The molecule has 78 valence electrons. The number of hydrogen-bond donors (Lipinski definition) is 1. The number of hydrogen-bond acceptors (Lipinski definition) is 2. The van der Waals surface area contributed by atoms with Crippen molar-refractivity contribution in [3.63, 3.8) is 0 Å². The van der Waals surface area contributed by atoms with E-state index < -0.39 is 0 Å². The quantitative estimate of drug-likeness (QED) is 0.680. The molecule has 1 N–H and O–H groups in total. The number of hydrazine groups is 1. The van der Waals surface area contributed by atoms with Crippen LogP contribution < -0.4 is 5.43 Å². The van der Waals surface area contributed by atoms with Crippen LogP contribution in [0.3, 0.4) is 0 Å². The first-order valence-corrected chi connectivity index (χ1v) is 4.88. The average molecular weight is 186 g/mol. The molecule has 0 saturated carbocycles. The van der Waals surface area contributed by atoms with Gasteiger partial charge in [0.15, 0.2) is 0 Å². The van der Waals surface area contributed by atoms with Gasteiger partial charge in [-0.15, -0.1) is 0 Å². The van der Waals surface area contributed by atoms with Gasteiger partial charge in [0.25, 0.3) is 0 Å². The van der Waals surface area contributed by atoms with Crippen LogP contribution in [0.5, 0.6) is 0 Å².